The van der Waals surface area contributed by atoms with Crippen molar-refractivity contribution in [3.63, 3.8) is 0 Å². The van der Waals surface area contributed by atoms with E-state index < -0.39 is 0 Å². The normalized spacial score (nSPS) is 12.5. The number of fused-ring (bicyclic) bond motifs is 3. The minimum absolute atomic E-state index is 0.168. The first-order valence-electron chi connectivity index (χ1n) is 5.85. The van der Waals surface area contributed by atoms with E-state index in [0.29, 0.717) is 0 Å². The standard InChI is InChI=1S/C16H14O/c1-9-4-5-12-13-7-10(2)11(3)8-15(13)16(17)14(12)6-9/h4-8H,1-3H3. The second-order valence-corrected chi connectivity index (χ2v) is 4.86. The van der Waals surface area contributed by atoms with Crippen molar-refractivity contribution in [2.24, 2.45) is 0 Å². The van der Waals surface area contributed by atoms with Crippen LogP contribution in [0.3, 0.4) is 0 Å². The van der Waals surface area contributed by atoms with Gasteiger partial charge in [0.1, 0.15) is 0 Å². The molecule has 0 N–H and O–H groups in total. The highest BCUT2D eigenvalue weighted by molar-refractivity contribution is 6.21. The Bertz CT molecular complexity index is 651. The van der Waals surface area contributed by atoms with Crippen molar-refractivity contribution in [2.45, 2.75) is 20.8 Å². The van der Waals surface area contributed by atoms with Crippen LogP contribution < -0.4 is 0 Å². The van der Waals surface area contributed by atoms with Gasteiger partial charge < -0.3 is 0 Å². The summed E-state index contributed by atoms with van der Waals surface area (Å²) in [4.78, 5) is 12.3. The first-order valence-corrected chi connectivity index (χ1v) is 5.85. The molecule has 1 aliphatic rings. The molecule has 0 aliphatic heterocycles. The monoisotopic (exact) mass is 222 g/mol. The second-order valence-electron chi connectivity index (χ2n) is 4.86. The van der Waals surface area contributed by atoms with E-state index in [1.54, 1.807) is 0 Å². The molecule has 0 spiro atoms. The van der Waals surface area contributed by atoms with E-state index in [2.05, 4.69) is 32.0 Å². The van der Waals surface area contributed by atoms with Gasteiger partial charge in [0.15, 0.2) is 5.78 Å². The van der Waals surface area contributed by atoms with Crippen molar-refractivity contribution in [3.05, 3.63) is 58.1 Å². The van der Waals surface area contributed by atoms with Gasteiger partial charge in [-0.05, 0) is 55.2 Å². The summed E-state index contributed by atoms with van der Waals surface area (Å²) in [5, 5.41) is 0. The van der Waals surface area contributed by atoms with Crippen LogP contribution in [0.15, 0.2) is 30.3 Å². The Morgan fingerprint density at radius 2 is 1.29 bits per heavy atom. The number of benzene rings is 2. The molecule has 3 rings (SSSR count). The molecule has 0 fully saturated rings. The lowest BCUT2D eigenvalue weighted by atomic mass is 9.99. The zero-order valence-corrected chi connectivity index (χ0v) is 10.3. The van der Waals surface area contributed by atoms with E-state index in [4.69, 9.17) is 0 Å². The van der Waals surface area contributed by atoms with Crippen LogP contribution in [0.25, 0.3) is 11.1 Å². The minimum atomic E-state index is 0.168. The van der Waals surface area contributed by atoms with Crippen LogP contribution in [0.2, 0.25) is 0 Å². The zero-order chi connectivity index (χ0) is 12.2. The predicted octanol–water partition coefficient (Wildman–Crippen LogP) is 3.82. The van der Waals surface area contributed by atoms with Gasteiger partial charge >= 0.3 is 0 Å². The first kappa shape index (κ1) is 10.3. The van der Waals surface area contributed by atoms with Gasteiger partial charge in [0.05, 0.1) is 0 Å². The summed E-state index contributed by atoms with van der Waals surface area (Å²) in [6.45, 7) is 6.16. The molecule has 0 radical (unpaired) electrons. The molecule has 17 heavy (non-hydrogen) atoms. The quantitative estimate of drug-likeness (QED) is 0.565. The van der Waals surface area contributed by atoms with Gasteiger partial charge in [-0.3, -0.25) is 4.79 Å². The first-order chi connectivity index (χ1) is 8.08. The molecule has 1 aliphatic carbocycles. The third kappa shape index (κ3) is 1.35. The summed E-state index contributed by atoms with van der Waals surface area (Å²) < 4.78 is 0. The summed E-state index contributed by atoms with van der Waals surface area (Å²) in [5.41, 5.74) is 7.44. The molecule has 2 aromatic rings. The molecule has 0 heterocycles. The van der Waals surface area contributed by atoms with Crippen molar-refractivity contribution in [3.8, 4) is 11.1 Å². The summed E-state index contributed by atoms with van der Waals surface area (Å²) in [5.74, 6) is 0.168. The number of hydrogen-bond acceptors (Lipinski definition) is 1. The molecular formula is C16H14O. The number of hydrogen-bond donors (Lipinski definition) is 0. The Kier molecular flexibility index (Phi) is 1.99. The maximum atomic E-state index is 12.3. The van der Waals surface area contributed by atoms with Gasteiger partial charge in [0.25, 0.3) is 0 Å². The Hall–Kier alpha value is -1.89. The van der Waals surface area contributed by atoms with E-state index in [-0.39, 0.29) is 5.78 Å². The van der Waals surface area contributed by atoms with Crippen molar-refractivity contribution in [2.75, 3.05) is 0 Å². The number of carbonyl (C=O) groups is 1. The lowest BCUT2D eigenvalue weighted by Gasteiger charge is -2.04. The maximum Gasteiger partial charge on any atom is 0.194 e. The molecule has 2 aromatic carbocycles. The van der Waals surface area contributed by atoms with Crippen LogP contribution in [-0.4, -0.2) is 5.78 Å². The molecule has 0 saturated carbocycles. The van der Waals surface area contributed by atoms with Crippen molar-refractivity contribution < 1.29 is 4.79 Å². The maximum absolute atomic E-state index is 12.3. The van der Waals surface area contributed by atoms with Gasteiger partial charge in [-0.2, -0.15) is 0 Å². The predicted molar refractivity (Wildman–Crippen MR) is 69.5 cm³/mol. The second kappa shape index (κ2) is 3.30. The average Bonchev–Trinajstić information content (AvgIpc) is 2.54. The van der Waals surface area contributed by atoms with Crippen LogP contribution in [0.4, 0.5) is 0 Å². The number of aryl methyl sites for hydroxylation is 3. The van der Waals surface area contributed by atoms with Crippen molar-refractivity contribution in [1.29, 1.82) is 0 Å². The lowest BCUT2D eigenvalue weighted by molar-refractivity contribution is 0.104. The fraction of sp³-hybridized carbons (Fsp3) is 0.188. The van der Waals surface area contributed by atoms with E-state index in [0.717, 1.165) is 27.8 Å². The highest BCUT2D eigenvalue weighted by Gasteiger charge is 2.26. The largest absolute Gasteiger partial charge is 0.289 e. The SMILES string of the molecule is Cc1ccc2c(c1)C(=O)c1cc(C)c(C)cc1-2. The van der Waals surface area contributed by atoms with E-state index in [1.165, 1.54) is 11.1 Å². The molecule has 1 heteroatoms. The van der Waals surface area contributed by atoms with Crippen LogP contribution in [0.5, 0.6) is 0 Å². The summed E-state index contributed by atoms with van der Waals surface area (Å²) >= 11 is 0. The third-order valence-electron chi connectivity index (χ3n) is 3.59. The number of carbonyl (C=O) groups excluding carboxylic acids is 1. The minimum Gasteiger partial charge on any atom is -0.289 e. The van der Waals surface area contributed by atoms with E-state index in [9.17, 15) is 4.79 Å². The topological polar surface area (TPSA) is 17.1 Å². The van der Waals surface area contributed by atoms with Crippen LogP contribution in [-0.2, 0) is 0 Å². The summed E-state index contributed by atoms with van der Waals surface area (Å²) in [7, 11) is 0. The average molecular weight is 222 g/mol. The Labute approximate surface area is 101 Å². The third-order valence-corrected chi connectivity index (χ3v) is 3.59. The highest BCUT2D eigenvalue weighted by atomic mass is 16.1. The smallest absolute Gasteiger partial charge is 0.194 e. The zero-order valence-electron chi connectivity index (χ0n) is 10.3. The van der Waals surface area contributed by atoms with E-state index in [1.807, 2.05) is 19.1 Å². The van der Waals surface area contributed by atoms with Crippen molar-refractivity contribution >= 4 is 5.78 Å². The van der Waals surface area contributed by atoms with Crippen LogP contribution >= 0.6 is 0 Å². The Morgan fingerprint density at radius 3 is 2.00 bits per heavy atom. The Balaban J connectivity index is 2.35. The molecule has 0 aromatic heterocycles. The van der Waals surface area contributed by atoms with Crippen molar-refractivity contribution in [1.82, 2.24) is 0 Å². The Morgan fingerprint density at radius 1 is 0.706 bits per heavy atom. The number of rotatable bonds is 0. The molecule has 0 unspecified atom stereocenters. The van der Waals surface area contributed by atoms with Gasteiger partial charge in [-0.1, -0.05) is 23.8 Å². The molecular weight excluding hydrogens is 208 g/mol. The molecule has 0 amide bonds. The summed E-state index contributed by atoms with van der Waals surface area (Å²) in [6.07, 6.45) is 0. The molecule has 1 nitrogen and oxygen atoms in total. The number of ketones is 1. The highest BCUT2D eigenvalue weighted by Crippen LogP contribution is 2.38. The lowest BCUT2D eigenvalue weighted by Crippen LogP contribution is -1.96. The molecule has 0 bridgehead atoms. The van der Waals surface area contributed by atoms with Gasteiger partial charge in [-0.25, -0.2) is 0 Å². The fourth-order valence-corrected chi connectivity index (χ4v) is 2.45. The molecule has 0 saturated heterocycles. The fourth-order valence-electron chi connectivity index (χ4n) is 2.45. The van der Waals surface area contributed by atoms with Gasteiger partial charge in [0.2, 0.25) is 0 Å². The molecule has 84 valence electrons. The van der Waals surface area contributed by atoms with Gasteiger partial charge in [-0.15, -0.1) is 0 Å². The van der Waals surface area contributed by atoms with Crippen LogP contribution in [0, 0.1) is 20.8 Å². The van der Waals surface area contributed by atoms with Gasteiger partial charge in [0, 0.05) is 11.1 Å². The summed E-state index contributed by atoms with van der Waals surface area (Å²) in [6, 6.07) is 10.3. The van der Waals surface area contributed by atoms with E-state index >= 15 is 0 Å². The molecule has 0 atom stereocenters. The van der Waals surface area contributed by atoms with Crippen LogP contribution in [0.1, 0.15) is 32.6 Å².